The minimum atomic E-state index is -3.80. The number of halogens is 2. The number of pyridine rings is 1. The third-order valence-electron chi connectivity index (χ3n) is 2.51. The Morgan fingerprint density at radius 3 is 2.80 bits per heavy atom. The summed E-state index contributed by atoms with van der Waals surface area (Å²) in [6.45, 7) is 3.87. The van der Waals surface area contributed by atoms with Crippen LogP contribution in [0.3, 0.4) is 0 Å². The first kappa shape index (κ1) is 15.7. The van der Waals surface area contributed by atoms with Crippen molar-refractivity contribution in [3.63, 3.8) is 0 Å². The summed E-state index contributed by atoms with van der Waals surface area (Å²) >= 11 is 10.3. The molecule has 1 N–H and O–H groups in total. The summed E-state index contributed by atoms with van der Waals surface area (Å²) in [5.74, 6) is 0. The number of anilines is 1. The van der Waals surface area contributed by atoms with Gasteiger partial charge in [-0.3, -0.25) is 4.72 Å². The molecule has 0 aliphatic carbocycles. The summed E-state index contributed by atoms with van der Waals surface area (Å²) in [6.07, 6.45) is 2.19. The molecular weight excluding hydrogens is 386 g/mol. The zero-order chi connectivity index (χ0) is 14.9. The molecule has 108 valence electrons. The highest BCUT2D eigenvalue weighted by molar-refractivity contribution is 9.10. The van der Waals surface area contributed by atoms with E-state index in [0.717, 1.165) is 17.0 Å². The zero-order valence-corrected chi connectivity index (χ0v) is 14.6. The summed E-state index contributed by atoms with van der Waals surface area (Å²) in [4.78, 5) is 8.96. The molecule has 0 unspecified atom stereocenters. The second-order valence-electron chi connectivity index (χ2n) is 3.92. The van der Waals surface area contributed by atoms with Gasteiger partial charge in [-0.15, -0.1) is 11.3 Å². The lowest BCUT2D eigenvalue weighted by Gasteiger charge is -2.06. The Balaban J connectivity index is 2.37. The molecule has 0 radical (unpaired) electrons. The zero-order valence-electron chi connectivity index (χ0n) is 10.6. The van der Waals surface area contributed by atoms with Gasteiger partial charge in [-0.2, -0.15) is 0 Å². The minimum Gasteiger partial charge on any atom is -0.255 e. The van der Waals surface area contributed by atoms with Crippen LogP contribution in [-0.4, -0.2) is 18.4 Å². The van der Waals surface area contributed by atoms with E-state index in [-0.39, 0.29) is 10.0 Å². The predicted octanol–water partition coefficient (Wildman–Crippen LogP) is 3.63. The van der Waals surface area contributed by atoms with E-state index in [1.54, 1.807) is 0 Å². The lowest BCUT2D eigenvalue weighted by molar-refractivity contribution is 0.600. The number of aryl methyl sites for hydroxylation is 2. The van der Waals surface area contributed by atoms with Crippen LogP contribution in [-0.2, 0) is 16.4 Å². The van der Waals surface area contributed by atoms with E-state index in [1.165, 1.54) is 23.6 Å². The fourth-order valence-corrected chi connectivity index (χ4v) is 4.64. The molecule has 0 bridgehead atoms. The van der Waals surface area contributed by atoms with Crippen LogP contribution in [0.4, 0.5) is 5.13 Å². The maximum absolute atomic E-state index is 12.3. The highest BCUT2D eigenvalue weighted by Gasteiger charge is 2.21. The average molecular weight is 397 g/mol. The molecule has 2 rings (SSSR count). The fourth-order valence-electron chi connectivity index (χ4n) is 1.56. The van der Waals surface area contributed by atoms with Gasteiger partial charge in [0, 0.05) is 15.5 Å². The van der Waals surface area contributed by atoms with Crippen molar-refractivity contribution >= 4 is 54.0 Å². The molecule has 0 aliphatic rings. The van der Waals surface area contributed by atoms with Crippen molar-refractivity contribution in [1.29, 1.82) is 0 Å². The van der Waals surface area contributed by atoms with Crippen molar-refractivity contribution in [1.82, 2.24) is 9.97 Å². The van der Waals surface area contributed by atoms with Crippen molar-refractivity contribution in [3.05, 3.63) is 32.5 Å². The van der Waals surface area contributed by atoms with Crippen molar-refractivity contribution < 1.29 is 8.42 Å². The van der Waals surface area contributed by atoms with Crippen LogP contribution in [0.25, 0.3) is 0 Å². The molecule has 0 amide bonds. The maximum atomic E-state index is 12.3. The minimum absolute atomic E-state index is 0.0790. The van der Waals surface area contributed by atoms with Crippen LogP contribution < -0.4 is 4.72 Å². The van der Waals surface area contributed by atoms with Gasteiger partial charge >= 0.3 is 0 Å². The Labute approximate surface area is 134 Å². The number of sulfonamides is 1. The molecule has 0 saturated carbocycles. The van der Waals surface area contributed by atoms with Crippen LogP contribution in [0.1, 0.15) is 17.5 Å². The van der Waals surface area contributed by atoms with Crippen LogP contribution in [0, 0.1) is 6.92 Å². The third kappa shape index (κ3) is 3.30. The van der Waals surface area contributed by atoms with Gasteiger partial charge in [0.25, 0.3) is 10.0 Å². The second-order valence-corrected chi connectivity index (χ2v) is 8.05. The van der Waals surface area contributed by atoms with Gasteiger partial charge < -0.3 is 0 Å². The van der Waals surface area contributed by atoms with E-state index >= 15 is 0 Å². The van der Waals surface area contributed by atoms with Crippen molar-refractivity contribution in [3.8, 4) is 0 Å². The number of nitrogens with zero attached hydrogens (tertiary/aromatic N) is 2. The fraction of sp³-hybridized carbons (Fsp3) is 0.273. The molecule has 20 heavy (non-hydrogen) atoms. The van der Waals surface area contributed by atoms with Gasteiger partial charge in [0.2, 0.25) is 0 Å². The molecular formula is C11H11BrClN3O2S2. The van der Waals surface area contributed by atoms with Crippen molar-refractivity contribution in [2.75, 3.05) is 4.72 Å². The lowest BCUT2D eigenvalue weighted by Crippen LogP contribution is -2.14. The summed E-state index contributed by atoms with van der Waals surface area (Å²) in [7, 11) is -3.80. The van der Waals surface area contributed by atoms with Gasteiger partial charge in [-0.05, 0) is 35.3 Å². The smallest absolute Gasteiger partial charge is 0.255 e. The second kappa shape index (κ2) is 5.97. The molecule has 0 saturated heterocycles. The first-order valence-electron chi connectivity index (χ1n) is 5.63. The van der Waals surface area contributed by atoms with Gasteiger partial charge in [0.15, 0.2) is 5.13 Å². The first-order valence-corrected chi connectivity index (χ1v) is 9.10. The number of hydrogen-bond donors (Lipinski definition) is 1. The van der Waals surface area contributed by atoms with E-state index in [0.29, 0.717) is 9.60 Å². The average Bonchev–Trinajstić information content (AvgIpc) is 2.71. The number of aromatic nitrogens is 2. The van der Waals surface area contributed by atoms with E-state index < -0.39 is 10.0 Å². The quantitative estimate of drug-likeness (QED) is 0.801. The van der Waals surface area contributed by atoms with Gasteiger partial charge in [-0.25, -0.2) is 18.4 Å². The number of hydrogen-bond acceptors (Lipinski definition) is 5. The molecule has 0 spiro atoms. The predicted molar refractivity (Wildman–Crippen MR) is 84.0 cm³/mol. The standard InChI is InChI=1S/C11H11BrClN3O2S2/c1-3-8-6(2)19-11(15-8)16-20(17,18)9-4-7(12)5-14-10(9)13/h4-5H,3H2,1-2H3,(H,15,16). The van der Waals surface area contributed by atoms with E-state index in [1.807, 2.05) is 13.8 Å². The summed E-state index contributed by atoms with van der Waals surface area (Å²) < 4.78 is 27.6. The topological polar surface area (TPSA) is 72.0 Å². The molecule has 9 heteroatoms. The molecule has 2 aromatic heterocycles. The first-order chi connectivity index (χ1) is 9.33. The Morgan fingerprint density at radius 1 is 1.50 bits per heavy atom. The van der Waals surface area contributed by atoms with Gasteiger partial charge in [-0.1, -0.05) is 18.5 Å². The lowest BCUT2D eigenvalue weighted by atomic mass is 10.3. The van der Waals surface area contributed by atoms with Crippen LogP contribution in [0.15, 0.2) is 21.6 Å². The third-order valence-corrected chi connectivity index (χ3v) is 5.77. The number of nitrogens with one attached hydrogen (secondary N) is 1. The molecule has 5 nitrogen and oxygen atoms in total. The Bertz CT molecular complexity index is 746. The largest absolute Gasteiger partial charge is 0.266 e. The monoisotopic (exact) mass is 395 g/mol. The van der Waals surface area contributed by atoms with Gasteiger partial charge in [0.05, 0.1) is 5.69 Å². The molecule has 0 atom stereocenters. The maximum Gasteiger partial charge on any atom is 0.266 e. The summed E-state index contributed by atoms with van der Waals surface area (Å²) in [5.41, 5.74) is 0.881. The number of thiazole rings is 1. The molecule has 2 aromatic rings. The SMILES string of the molecule is CCc1nc(NS(=O)(=O)c2cc(Br)cnc2Cl)sc1C. The molecule has 0 aromatic carbocycles. The van der Waals surface area contributed by atoms with Gasteiger partial charge in [0.1, 0.15) is 10.0 Å². The summed E-state index contributed by atoms with van der Waals surface area (Å²) in [6, 6.07) is 1.40. The Hall–Kier alpha value is -0.700. The van der Waals surface area contributed by atoms with Crippen LogP contribution in [0.2, 0.25) is 5.15 Å². The van der Waals surface area contributed by atoms with E-state index in [4.69, 9.17) is 11.6 Å². The van der Waals surface area contributed by atoms with Crippen LogP contribution >= 0.6 is 38.9 Å². The van der Waals surface area contributed by atoms with Crippen molar-refractivity contribution in [2.24, 2.45) is 0 Å². The highest BCUT2D eigenvalue weighted by atomic mass is 79.9. The normalized spacial score (nSPS) is 11.6. The Kier molecular flexibility index (Phi) is 4.68. The molecule has 2 heterocycles. The summed E-state index contributed by atoms with van der Waals surface area (Å²) in [5, 5.41) is 0.250. The van der Waals surface area contributed by atoms with Crippen molar-refractivity contribution in [2.45, 2.75) is 25.2 Å². The number of rotatable bonds is 4. The highest BCUT2D eigenvalue weighted by Crippen LogP contribution is 2.28. The van der Waals surface area contributed by atoms with Crippen LogP contribution in [0.5, 0.6) is 0 Å². The molecule has 0 aliphatic heterocycles. The Morgan fingerprint density at radius 2 is 2.20 bits per heavy atom. The van der Waals surface area contributed by atoms with E-state index in [9.17, 15) is 8.42 Å². The van der Waals surface area contributed by atoms with E-state index in [2.05, 4.69) is 30.6 Å². The molecule has 0 fully saturated rings.